The number of likely N-dealkylation sites (tertiary alicyclic amines) is 1. The number of imidazole rings is 1. The Hall–Kier alpha value is -2.33. The minimum Gasteiger partial charge on any atom is -0.385 e. The van der Waals surface area contributed by atoms with Gasteiger partial charge < -0.3 is 14.6 Å². The molecular weight excluding hydrogens is 320 g/mol. The summed E-state index contributed by atoms with van der Waals surface area (Å²) >= 11 is 0. The lowest BCUT2D eigenvalue weighted by molar-refractivity contribution is 0.331. The highest BCUT2D eigenvalue weighted by atomic mass is 15.1. The van der Waals surface area contributed by atoms with Crippen LogP contribution in [0.2, 0.25) is 0 Å². The Morgan fingerprint density at radius 2 is 1.85 bits per heavy atom. The van der Waals surface area contributed by atoms with E-state index in [0.29, 0.717) is 0 Å². The average Bonchev–Trinajstić information content (AvgIpc) is 3.31. The number of benzene rings is 1. The van der Waals surface area contributed by atoms with Crippen molar-refractivity contribution in [1.29, 1.82) is 0 Å². The Balaban J connectivity index is 1.29. The van der Waals surface area contributed by atoms with Gasteiger partial charge in [0.25, 0.3) is 0 Å². The third kappa shape index (κ3) is 4.07. The molecule has 1 aromatic carbocycles. The van der Waals surface area contributed by atoms with E-state index in [1.165, 1.54) is 56.6 Å². The van der Waals surface area contributed by atoms with E-state index in [2.05, 4.69) is 70.3 Å². The van der Waals surface area contributed by atoms with Gasteiger partial charge in [-0.05, 0) is 82.1 Å². The lowest BCUT2D eigenvalue weighted by atomic mass is 10.1. The fourth-order valence-electron chi connectivity index (χ4n) is 3.68. The Morgan fingerprint density at radius 1 is 1.04 bits per heavy atom. The molecule has 0 radical (unpaired) electrons. The fraction of sp³-hybridized carbons (Fsp3) is 0.409. The summed E-state index contributed by atoms with van der Waals surface area (Å²) in [6.07, 6.45) is 9.44. The number of hydrogen-bond donors (Lipinski definition) is 1. The van der Waals surface area contributed by atoms with Gasteiger partial charge in [0.1, 0.15) is 5.65 Å². The second-order valence-corrected chi connectivity index (χ2v) is 7.36. The van der Waals surface area contributed by atoms with E-state index in [1.807, 2.05) is 0 Å². The molecule has 1 aliphatic rings. The minimum absolute atomic E-state index is 1.00. The number of nitrogens with zero attached hydrogens (tertiary/aromatic N) is 3. The normalized spacial score (nSPS) is 15.0. The van der Waals surface area contributed by atoms with Crippen LogP contribution in [0.1, 0.15) is 31.2 Å². The molecule has 4 heteroatoms. The van der Waals surface area contributed by atoms with Crippen molar-refractivity contribution in [1.82, 2.24) is 14.3 Å². The van der Waals surface area contributed by atoms with Crippen molar-refractivity contribution in [3.63, 3.8) is 0 Å². The first-order valence-electron chi connectivity index (χ1n) is 9.80. The molecule has 0 aliphatic carbocycles. The molecule has 26 heavy (non-hydrogen) atoms. The van der Waals surface area contributed by atoms with E-state index in [0.717, 1.165) is 23.4 Å². The summed E-state index contributed by atoms with van der Waals surface area (Å²) in [6.45, 7) is 7.00. The molecule has 0 amide bonds. The van der Waals surface area contributed by atoms with Gasteiger partial charge in [0, 0.05) is 30.2 Å². The van der Waals surface area contributed by atoms with Crippen molar-refractivity contribution in [3.8, 4) is 11.3 Å². The Morgan fingerprint density at radius 3 is 2.65 bits per heavy atom. The SMILES string of the molecule is Cc1ccn2cc(-c3ccc(NCCCCN4CCCC4)cc3)nc2c1. The third-order valence-corrected chi connectivity index (χ3v) is 5.23. The summed E-state index contributed by atoms with van der Waals surface area (Å²) in [5.41, 5.74) is 5.60. The van der Waals surface area contributed by atoms with Crippen LogP contribution in [0.5, 0.6) is 0 Å². The largest absolute Gasteiger partial charge is 0.385 e. The van der Waals surface area contributed by atoms with Gasteiger partial charge in [-0.2, -0.15) is 0 Å². The molecule has 0 atom stereocenters. The number of pyridine rings is 1. The maximum atomic E-state index is 4.74. The highest BCUT2D eigenvalue weighted by molar-refractivity contribution is 5.65. The number of rotatable bonds is 7. The van der Waals surface area contributed by atoms with Gasteiger partial charge in [0.05, 0.1) is 5.69 Å². The molecule has 1 saturated heterocycles. The molecule has 4 nitrogen and oxygen atoms in total. The van der Waals surface area contributed by atoms with Gasteiger partial charge in [0.2, 0.25) is 0 Å². The number of fused-ring (bicyclic) bond motifs is 1. The highest BCUT2D eigenvalue weighted by Crippen LogP contribution is 2.21. The summed E-state index contributed by atoms with van der Waals surface area (Å²) in [5.74, 6) is 0. The van der Waals surface area contributed by atoms with E-state index in [-0.39, 0.29) is 0 Å². The van der Waals surface area contributed by atoms with Crippen molar-refractivity contribution in [2.45, 2.75) is 32.6 Å². The van der Waals surface area contributed by atoms with Crippen LogP contribution in [0.15, 0.2) is 48.8 Å². The molecule has 0 spiro atoms. The van der Waals surface area contributed by atoms with E-state index < -0.39 is 0 Å². The second kappa shape index (κ2) is 7.92. The monoisotopic (exact) mass is 348 g/mol. The number of aromatic nitrogens is 2. The Labute approximate surface area is 155 Å². The number of anilines is 1. The Bertz CT molecular complexity index is 844. The van der Waals surface area contributed by atoms with Gasteiger partial charge in [-0.3, -0.25) is 0 Å². The zero-order valence-electron chi connectivity index (χ0n) is 15.6. The lowest BCUT2D eigenvalue weighted by Crippen LogP contribution is -2.20. The molecule has 136 valence electrons. The molecule has 1 aliphatic heterocycles. The molecule has 2 aromatic heterocycles. The third-order valence-electron chi connectivity index (χ3n) is 5.23. The van der Waals surface area contributed by atoms with Crippen LogP contribution in [0.3, 0.4) is 0 Å². The van der Waals surface area contributed by atoms with Crippen molar-refractivity contribution in [2.24, 2.45) is 0 Å². The Kier molecular flexibility index (Phi) is 5.21. The quantitative estimate of drug-likeness (QED) is 0.634. The van der Waals surface area contributed by atoms with Crippen molar-refractivity contribution >= 4 is 11.3 Å². The van der Waals surface area contributed by atoms with E-state index in [4.69, 9.17) is 4.98 Å². The van der Waals surface area contributed by atoms with Crippen LogP contribution >= 0.6 is 0 Å². The van der Waals surface area contributed by atoms with Crippen LogP contribution in [-0.4, -0.2) is 40.5 Å². The van der Waals surface area contributed by atoms with Gasteiger partial charge in [-0.15, -0.1) is 0 Å². The van der Waals surface area contributed by atoms with Gasteiger partial charge in [-0.1, -0.05) is 12.1 Å². The predicted molar refractivity (Wildman–Crippen MR) is 109 cm³/mol. The van der Waals surface area contributed by atoms with Crippen molar-refractivity contribution in [2.75, 3.05) is 31.5 Å². The van der Waals surface area contributed by atoms with Gasteiger partial charge in [-0.25, -0.2) is 4.98 Å². The second-order valence-electron chi connectivity index (χ2n) is 7.36. The molecule has 3 aromatic rings. The summed E-state index contributed by atoms with van der Waals surface area (Å²) < 4.78 is 2.08. The molecule has 0 bridgehead atoms. The standard InChI is InChI=1S/C22H28N4/c1-18-10-15-26-17-21(24-22(26)16-18)19-6-8-20(9-7-19)23-11-2-3-12-25-13-4-5-14-25/h6-10,15-17,23H,2-5,11-14H2,1H3. The molecule has 3 heterocycles. The van der Waals surface area contributed by atoms with Crippen molar-refractivity contribution < 1.29 is 0 Å². The summed E-state index contributed by atoms with van der Waals surface area (Å²) in [5, 5.41) is 3.54. The maximum Gasteiger partial charge on any atom is 0.137 e. The van der Waals surface area contributed by atoms with E-state index in [1.54, 1.807) is 0 Å². The lowest BCUT2D eigenvalue weighted by Gasteiger charge is -2.14. The average molecular weight is 348 g/mol. The number of unbranched alkanes of at least 4 members (excludes halogenated alkanes) is 1. The van der Waals surface area contributed by atoms with Gasteiger partial charge >= 0.3 is 0 Å². The van der Waals surface area contributed by atoms with Crippen LogP contribution < -0.4 is 5.32 Å². The topological polar surface area (TPSA) is 32.6 Å². The smallest absolute Gasteiger partial charge is 0.137 e. The van der Waals surface area contributed by atoms with E-state index >= 15 is 0 Å². The minimum atomic E-state index is 1.00. The fourth-order valence-corrected chi connectivity index (χ4v) is 3.68. The first kappa shape index (κ1) is 17.1. The zero-order valence-corrected chi connectivity index (χ0v) is 15.6. The summed E-state index contributed by atoms with van der Waals surface area (Å²) in [4.78, 5) is 7.32. The molecule has 0 unspecified atom stereocenters. The molecule has 1 fully saturated rings. The van der Waals surface area contributed by atoms with Crippen LogP contribution in [-0.2, 0) is 0 Å². The van der Waals surface area contributed by atoms with Crippen LogP contribution in [0.25, 0.3) is 16.9 Å². The number of nitrogens with one attached hydrogen (secondary N) is 1. The first-order chi connectivity index (χ1) is 12.8. The first-order valence-corrected chi connectivity index (χ1v) is 9.80. The predicted octanol–water partition coefficient (Wildman–Crippen LogP) is 4.60. The van der Waals surface area contributed by atoms with Crippen LogP contribution in [0, 0.1) is 6.92 Å². The van der Waals surface area contributed by atoms with Gasteiger partial charge in [0.15, 0.2) is 0 Å². The number of hydrogen-bond acceptors (Lipinski definition) is 3. The van der Waals surface area contributed by atoms with Crippen LogP contribution in [0.4, 0.5) is 5.69 Å². The molecular formula is C22H28N4. The molecule has 1 N–H and O–H groups in total. The molecule has 0 saturated carbocycles. The maximum absolute atomic E-state index is 4.74. The van der Waals surface area contributed by atoms with Crippen molar-refractivity contribution in [3.05, 3.63) is 54.4 Å². The number of aryl methyl sites for hydroxylation is 1. The summed E-state index contributed by atoms with van der Waals surface area (Å²) in [7, 11) is 0. The van der Waals surface area contributed by atoms with E-state index in [9.17, 15) is 0 Å². The summed E-state index contributed by atoms with van der Waals surface area (Å²) in [6, 6.07) is 12.8. The zero-order chi connectivity index (χ0) is 17.8. The highest BCUT2D eigenvalue weighted by Gasteiger charge is 2.10. The molecule has 4 rings (SSSR count).